The Kier molecular flexibility index (Phi) is 5.27. The second-order valence-electron chi connectivity index (χ2n) is 5.55. The molecule has 0 bridgehead atoms. The maximum absolute atomic E-state index is 12.5. The molecule has 1 aromatic carbocycles. The van der Waals surface area contributed by atoms with Crippen LogP contribution in [0.5, 0.6) is 5.75 Å². The molecule has 1 aromatic heterocycles. The van der Waals surface area contributed by atoms with Crippen LogP contribution in [0.4, 0.5) is 29.5 Å². The Bertz CT molecular complexity index is 743. The number of ether oxygens (including phenoxy) is 2. The highest BCUT2D eigenvalue weighted by Crippen LogP contribution is 2.29. The van der Waals surface area contributed by atoms with Crippen LogP contribution in [0.3, 0.4) is 0 Å². The lowest BCUT2D eigenvalue weighted by atomic mass is 10.2. The van der Waals surface area contributed by atoms with Gasteiger partial charge in [-0.15, -0.1) is 0 Å². The van der Waals surface area contributed by atoms with E-state index in [0.29, 0.717) is 37.7 Å². The summed E-state index contributed by atoms with van der Waals surface area (Å²) in [7, 11) is 0. The first-order valence-electron chi connectivity index (χ1n) is 7.87. The van der Waals surface area contributed by atoms with Crippen molar-refractivity contribution in [3.63, 3.8) is 0 Å². The van der Waals surface area contributed by atoms with Gasteiger partial charge >= 0.3 is 12.3 Å². The van der Waals surface area contributed by atoms with Crippen LogP contribution in [0.15, 0.2) is 42.6 Å². The van der Waals surface area contributed by atoms with Crippen molar-refractivity contribution in [3.05, 3.63) is 48.2 Å². The quantitative estimate of drug-likeness (QED) is 0.897. The number of carbonyl (C=O) groups excluding carboxylic acids is 1. The zero-order valence-electron chi connectivity index (χ0n) is 13.6. The first kappa shape index (κ1) is 18.0. The van der Waals surface area contributed by atoms with Crippen LogP contribution in [0.25, 0.3) is 0 Å². The van der Waals surface area contributed by atoms with Crippen molar-refractivity contribution in [2.45, 2.75) is 6.18 Å². The molecule has 2 aromatic rings. The molecule has 0 spiro atoms. The zero-order chi connectivity index (χ0) is 18.6. The Labute approximate surface area is 147 Å². The van der Waals surface area contributed by atoms with Gasteiger partial charge in [-0.05, 0) is 36.4 Å². The van der Waals surface area contributed by atoms with Gasteiger partial charge in [0.1, 0.15) is 11.6 Å². The number of morpholine rings is 1. The van der Waals surface area contributed by atoms with Gasteiger partial charge < -0.3 is 19.7 Å². The molecule has 1 amide bonds. The number of amides is 1. The third kappa shape index (κ3) is 4.63. The normalized spacial score (nSPS) is 14.8. The van der Waals surface area contributed by atoms with E-state index < -0.39 is 17.8 Å². The van der Waals surface area contributed by atoms with Gasteiger partial charge in [-0.25, -0.2) is 9.78 Å². The van der Waals surface area contributed by atoms with Crippen LogP contribution >= 0.6 is 0 Å². The van der Waals surface area contributed by atoms with E-state index in [1.54, 1.807) is 29.2 Å². The van der Waals surface area contributed by atoms with Crippen molar-refractivity contribution in [1.82, 2.24) is 9.88 Å². The van der Waals surface area contributed by atoms with Gasteiger partial charge in [0.2, 0.25) is 0 Å². The number of rotatable bonds is 3. The third-order valence-electron chi connectivity index (χ3n) is 3.69. The predicted molar refractivity (Wildman–Crippen MR) is 87.4 cm³/mol. The third-order valence-corrected chi connectivity index (χ3v) is 3.69. The number of benzene rings is 1. The van der Waals surface area contributed by atoms with E-state index in [0.717, 1.165) is 12.3 Å². The molecule has 1 N–H and O–H groups in total. The highest BCUT2D eigenvalue weighted by Gasteiger charge is 2.30. The molecule has 0 unspecified atom stereocenters. The summed E-state index contributed by atoms with van der Waals surface area (Å²) in [6, 6.07) is 8.65. The van der Waals surface area contributed by atoms with Crippen LogP contribution < -0.4 is 10.1 Å². The Morgan fingerprint density at radius 3 is 2.38 bits per heavy atom. The largest absolute Gasteiger partial charge is 0.417 e. The number of halogens is 3. The fourth-order valence-electron chi connectivity index (χ4n) is 2.30. The summed E-state index contributed by atoms with van der Waals surface area (Å²) in [5.41, 5.74) is -0.211. The van der Waals surface area contributed by atoms with Crippen molar-refractivity contribution < 1.29 is 27.4 Å². The summed E-state index contributed by atoms with van der Waals surface area (Å²) in [4.78, 5) is 17.3. The van der Waals surface area contributed by atoms with E-state index >= 15 is 0 Å². The molecule has 1 aliphatic heterocycles. The van der Waals surface area contributed by atoms with Crippen molar-refractivity contribution in [2.75, 3.05) is 31.6 Å². The monoisotopic (exact) mass is 367 g/mol. The number of hydrogen-bond donors (Lipinski definition) is 1. The lowest BCUT2D eigenvalue weighted by Crippen LogP contribution is -2.42. The molecule has 1 saturated heterocycles. The summed E-state index contributed by atoms with van der Waals surface area (Å²) in [5.74, 6) is 0.642. The number of carbonyl (C=O) groups is 1. The molecule has 0 saturated carbocycles. The molecule has 2 heterocycles. The van der Waals surface area contributed by atoms with E-state index in [2.05, 4.69) is 10.3 Å². The minimum Gasteiger partial charge on any atom is -0.410 e. The van der Waals surface area contributed by atoms with Crippen LogP contribution in [-0.4, -0.2) is 42.3 Å². The number of pyridine rings is 1. The minimum atomic E-state index is -4.42. The standard InChI is InChI=1S/C17H16F3N3O3/c18-17(19,20)12-1-6-15(21-11-12)22-13-2-4-14(5-3-13)26-16(24)23-7-9-25-10-8-23/h1-6,11H,7-10H2,(H,21,22). The Morgan fingerprint density at radius 2 is 1.81 bits per heavy atom. The fourth-order valence-corrected chi connectivity index (χ4v) is 2.30. The predicted octanol–water partition coefficient (Wildman–Crippen LogP) is 3.68. The molecule has 0 atom stereocenters. The highest BCUT2D eigenvalue weighted by molar-refractivity contribution is 5.71. The summed E-state index contributed by atoms with van der Waals surface area (Å²) in [6.45, 7) is 1.94. The molecule has 1 aliphatic rings. The van der Waals surface area contributed by atoms with Gasteiger partial charge in [0.15, 0.2) is 0 Å². The van der Waals surface area contributed by atoms with E-state index in [-0.39, 0.29) is 5.82 Å². The lowest BCUT2D eigenvalue weighted by molar-refractivity contribution is -0.137. The molecular formula is C17H16F3N3O3. The summed E-state index contributed by atoms with van der Waals surface area (Å²) < 4.78 is 48.0. The molecule has 3 rings (SSSR count). The SMILES string of the molecule is O=C(Oc1ccc(Nc2ccc(C(F)(F)F)cn2)cc1)N1CCOCC1. The summed E-state index contributed by atoms with van der Waals surface area (Å²) in [5, 5.41) is 2.88. The van der Waals surface area contributed by atoms with E-state index in [1.165, 1.54) is 6.07 Å². The van der Waals surface area contributed by atoms with Gasteiger partial charge in [0.05, 0.1) is 18.8 Å². The molecule has 1 fully saturated rings. The van der Waals surface area contributed by atoms with Gasteiger partial charge in [-0.2, -0.15) is 13.2 Å². The average molecular weight is 367 g/mol. The lowest BCUT2D eigenvalue weighted by Gasteiger charge is -2.25. The smallest absolute Gasteiger partial charge is 0.410 e. The minimum absolute atomic E-state index is 0.274. The second kappa shape index (κ2) is 7.61. The molecular weight excluding hydrogens is 351 g/mol. The Balaban J connectivity index is 1.58. The maximum atomic E-state index is 12.5. The number of aromatic nitrogens is 1. The topological polar surface area (TPSA) is 63.7 Å². The maximum Gasteiger partial charge on any atom is 0.417 e. The number of nitrogens with zero attached hydrogens (tertiary/aromatic N) is 2. The Hall–Kier alpha value is -2.81. The van der Waals surface area contributed by atoms with Crippen LogP contribution in [0.1, 0.15) is 5.56 Å². The average Bonchev–Trinajstić information content (AvgIpc) is 2.64. The number of anilines is 2. The number of hydrogen-bond acceptors (Lipinski definition) is 5. The van der Waals surface area contributed by atoms with E-state index in [4.69, 9.17) is 9.47 Å². The molecule has 0 radical (unpaired) electrons. The van der Waals surface area contributed by atoms with Gasteiger partial charge in [0.25, 0.3) is 0 Å². The van der Waals surface area contributed by atoms with E-state index in [1.807, 2.05) is 0 Å². The summed E-state index contributed by atoms with van der Waals surface area (Å²) in [6.07, 6.45) is -4.10. The fraction of sp³-hybridized carbons (Fsp3) is 0.294. The van der Waals surface area contributed by atoms with Crippen LogP contribution in [0.2, 0.25) is 0 Å². The molecule has 9 heteroatoms. The van der Waals surface area contributed by atoms with Gasteiger partial charge in [0, 0.05) is 25.0 Å². The zero-order valence-corrected chi connectivity index (χ0v) is 13.6. The van der Waals surface area contributed by atoms with Crippen molar-refractivity contribution in [1.29, 1.82) is 0 Å². The van der Waals surface area contributed by atoms with Crippen LogP contribution in [0, 0.1) is 0 Å². The van der Waals surface area contributed by atoms with E-state index in [9.17, 15) is 18.0 Å². The van der Waals surface area contributed by atoms with Gasteiger partial charge in [-0.3, -0.25) is 0 Å². The highest BCUT2D eigenvalue weighted by atomic mass is 19.4. The molecule has 138 valence electrons. The first-order valence-corrected chi connectivity index (χ1v) is 7.87. The van der Waals surface area contributed by atoms with Crippen molar-refractivity contribution in [2.24, 2.45) is 0 Å². The molecule has 6 nitrogen and oxygen atoms in total. The molecule has 0 aliphatic carbocycles. The van der Waals surface area contributed by atoms with Crippen molar-refractivity contribution >= 4 is 17.6 Å². The number of nitrogens with one attached hydrogen (secondary N) is 1. The van der Waals surface area contributed by atoms with Crippen LogP contribution in [-0.2, 0) is 10.9 Å². The van der Waals surface area contributed by atoms with Crippen molar-refractivity contribution in [3.8, 4) is 5.75 Å². The second-order valence-corrected chi connectivity index (χ2v) is 5.55. The van der Waals surface area contributed by atoms with Gasteiger partial charge in [-0.1, -0.05) is 0 Å². The summed E-state index contributed by atoms with van der Waals surface area (Å²) >= 11 is 0. The Morgan fingerprint density at radius 1 is 1.12 bits per heavy atom. The molecule has 26 heavy (non-hydrogen) atoms. The first-order chi connectivity index (χ1) is 12.4. The number of alkyl halides is 3.